The third-order valence-corrected chi connectivity index (χ3v) is 8.48. The Hall–Kier alpha value is -4.30. The van der Waals surface area contributed by atoms with Crippen LogP contribution in [-0.4, -0.2) is 71.9 Å². The molecule has 0 saturated heterocycles. The van der Waals surface area contributed by atoms with Crippen molar-refractivity contribution in [2.45, 2.75) is 39.3 Å². The number of aromatic nitrogens is 4. The smallest absolute Gasteiger partial charge is 0.339 e. The lowest BCUT2D eigenvalue weighted by atomic mass is 9.97. The standard InChI is InChI=1S/C30H34F3N8O4P/c1-4-40(5-2)12-13-41-16-20(14-35-41)22-10-11-25(26-23(22)17-39(3)28(26)42)37-27-24(30(31,32)33)15-34-29(38-27)36-21-8-6-19(7-9-21)18-46(43,44)45/h6-11,14-16H,4-5,12-13,17-18H2,1-3H3,(H2,43,44,45)(H2,34,36,37,38). The molecule has 0 unspecified atom stereocenters. The molecule has 244 valence electrons. The van der Waals surface area contributed by atoms with Crippen molar-refractivity contribution < 1.29 is 32.3 Å². The topological polar surface area (TPSA) is 149 Å². The lowest BCUT2D eigenvalue weighted by Gasteiger charge is -2.17. The number of hydrogen-bond acceptors (Lipinski definition) is 8. The van der Waals surface area contributed by atoms with Crippen LogP contribution < -0.4 is 10.6 Å². The number of fused-ring (bicyclic) bond motifs is 1. The Bertz CT molecular complexity index is 1770. The van der Waals surface area contributed by atoms with Gasteiger partial charge in [0.15, 0.2) is 0 Å². The molecule has 0 saturated carbocycles. The Balaban J connectivity index is 1.45. The summed E-state index contributed by atoms with van der Waals surface area (Å²) < 4.78 is 55.3. The Labute approximate surface area is 263 Å². The molecule has 0 bridgehead atoms. The molecule has 2 aromatic carbocycles. The molecule has 1 aliphatic rings. The second kappa shape index (κ2) is 13.2. The van der Waals surface area contributed by atoms with Gasteiger partial charge in [-0.2, -0.15) is 23.3 Å². The number of carbonyl (C=O) groups is 1. The molecule has 1 aliphatic heterocycles. The summed E-state index contributed by atoms with van der Waals surface area (Å²) in [6.07, 6.45) is -0.980. The van der Waals surface area contributed by atoms with Gasteiger partial charge in [0.2, 0.25) is 5.95 Å². The van der Waals surface area contributed by atoms with Crippen LogP contribution in [-0.2, 0) is 30.0 Å². The number of halogens is 3. The maximum Gasteiger partial charge on any atom is 0.421 e. The highest BCUT2D eigenvalue weighted by atomic mass is 31.2. The van der Waals surface area contributed by atoms with Crippen molar-refractivity contribution in [3.8, 4) is 11.1 Å². The van der Waals surface area contributed by atoms with Crippen molar-refractivity contribution in [2.24, 2.45) is 0 Å². The number of alkyl halides is 3. The molecule has 1 amide bonds. The van der Waals surface area contributed by atoms with Crippen LogP contribution >= 0.6 is 7.60 Å². The number of carbonyl (C=O) groups excluding carboxylic acids is 1. The van der Waals surface area contributed by atoms with Gasteiger partial charge in [-0.25, -0.2) is 4.98 Å². The van der Waals surface area contributed by atoms with E-state index in [1.807, 2.05) is 10.9 Å². The number of amides is 1. The molecule has 12 nitrogen and oxygen atoms in total. The monoisotopic (exact) mass is 658 g/mol. The van der Waals surface area contributed by atoms with Gasteiger partial charge in [-0.15, -0.1) is 0 Å². The van der Waals surface area contributed by atoms with Gasteiger partial charge >= 0.3 is 13.8 Å². The molecule has 0 aliphatic carbocycles. The minimum absolute atomic E-state index is 0.160. The zero-order valence-electron chi connectivity index (χ0n) is 25.4. The molecule has 4 aromatic rings. The zero-order chi connectivity index (χ0) is 33.2. The lowest BCUT2D eigenvalue weighted by Crippen LogP contribution is -2.27. The van der Waals surface area contributed by atoms with E-state index < -0.39 is 31.3 Å². The first-order valence-electron chi connectivity index (χ1n) is 14.5. The molecule has 0 fully saturated rings. The van der Waals surface area contributed by atoms with Crippen LogP contribution in [0.25, 0.3) is 11.1 Å². The quantitative estimate of drug-likeness (QED) is 0.145. The van der Waals surface area contributed by atoms with Crippen molar-refractivity contribution in [1.82, 2.24) is 29.5 Å². The Morgan fingerprint density at radius 1 is 1.04 bits per heavy atom. The summed E-state index contributed by atoms with van der Waals surface area (Å²) in [4.78, 5) is 43.3. The van der Waals surface area contributed by atoms with Crippen LogP contribution in [0.3, 0.4) is 0 Å². The summed E-state index contributed by atoms with van der Waals surface area (Å²) >= 11 is 0. The third kappa shape index (κ3) is 7.56. The first kappa shape index (κ1) is 33.1. The molecular weight excluding hydrogens is 624 g/mol. The predicted octanol–water partition coefficient (Wildman–Crippen LogP) is 5.45. The SMILES string of the molecule is CCN(CC)CCn1cc(-c2ccc(Nc3nc(Nc4ccc(CP(=O)(O)O)cc4)ncc3C(F)(F)F)c3c2CN(C)C3=O)cn1. The molecule has 46 heavy (non-hydrogen) atoms. The molecule has 0 spiro atoms. The van der Waals surface area contributed by atoms with Gasteiger partial charge in [-0.05, 0) is 48.0 Å². The van der Waals surface area contributed by atoms with E-state index in [0.29, 0.717) is 29.6 Å². The van der Waals surface area contributed by atoms with E-state index in [1.54, 1.807) is 25.4 Å². The van der Waals surface area contributed by atoms with Crippen molar-refractivity contribution in [3.05, 3.63) is 77.2 Å². The average Bonchev–Trinajstić information content (AvgIpc) is 3.58. The van der Waals surface area contributed by atoms with Gasteiger partial charge in [0.25, 0.3) is 5.91 Å². The van der Waals surface area contributed by atoms with E-state index in [0.717, 1.165) is 30.8 Å². The zero-order valence-corrected chi connectivity index (χ0v) is 26.3. The van der Waals surface area contributed by atoms with Crippen LogP contribution in [0.2, 0.25) is 0 Å². The highest BCUT2D eigenvalue weighted by molar-refractivity contribution is 7.50. The molecule has 5 rings (SSSR count). The van der Waals surface area contributed by atoms with Gasteiger partial charge in [-0.3, -0.25) is 14.0 Å². The van der Waals surface area contributed by atoms with E-state index in [1.165, 1.54) is 29.2 Å². The highest BCUT2D eigenvalue weighted by Crippen LogP contribution is 2.41. The number of benzene rings is 2. The predicted molar refractivity (Wildman–Crippen MR) is 167 cm³/mol. The number of hydrogen-bond donors (Lipinski definition) is 4. The van der Waals surface area contributed by atoms with Gasteiger partial charge in [0, 0.05) is 43.8 Å². The number of nitrogens with zero attached hydrogens (tertiary/aromatic N) is 6. The van der Waals surface area contributed by atoms with Crippen LogP contribution in [0.5, 0.6) is 0 Å². The summed E-state index contributed by atoms with van der Waals surface area (Å²) in [5.74, 6) is -1.05. The number of anilines is 4. The maximum atomic E-state index is 14.1. The van der Waals surface area contributed by atoms with Crippen LogP contribution in [0, 0.1) is 0 Å². The summed E-state index contributed by atoms with van der Waals surface area (Å²) in [5.41, 5.74) is 2.28. The summed E-state index contributed by atoms with van der Waals surface area (Å²) in [5, 5.41) is 10.0. The van der Waals surface area contributed by atoms with Gasteiger partial charge < -0.3 is 30.2 Å². The fraction of sp³-hybridized carbons (Fsp3) is 0.333. The Kier molecular flexibility index (Phi) is 9.49. The van der Waals surface area contributed by atoms with Gasteiger partial charge in [-0.1, -0.05) is 32.0 Å². The van der Waals surface area contributed by atoms with Crippen molar-refractivity contribution >= 4 is 36.6 Å². The van der Waals surface area contributed by atoms with Crippen LogP contribution in [0.15, 0.2) is 55.0 Å². The van der Waals surface area contributed by atoms with Gasteiger partial charge in [0.1, 0.15) is 11.4 Å². The van der Waals surface area contributed by atoms with Crippen LogP contribution in [0.4, 0.5) is 36.3 Å². The number of rotatable bonds is 12. The van der Waals surface area contributed by atoms with Crippen molar-refractivity contribution in [2.75, 3.05) is 37.3 Å². The molecule has 2 aromatic heterocycles. The summed E-state index contributed by atoms with van der Waals surface area (Å²) in [6.45, 7) is 7.83. The van der Waals surface area contributed by atoms with E-state index in [2.05, 4.69) is 44.4 Å². The lowest BCUT2D eigenvalue weighted by molar-refractivity contribution is -0.137. The molecular formula is C30H34F3N8O4P. The molecule has 3 heterocycles. The minimum Gasteiger partial charge on any atom is -0.339 e. The third-order valence-electron chi connectivity index (χ3n) is 7.70. The van der Waals surface area contributed by atoms with E-state index >= 15 is 0 Å². The molecule has 16 heteroatoms. The van der Waals surface area contributed by atoms with Crippen molar-refractivity contribution in [1.29, 1.82) is 0 Å². The average molecular weight is 659 g/mol. The Morgan fingerprint density at radius 3 is 2.41 bits per heavy atom. The Morgan fingerprint density at radius 2 is 1.76 bits per heavy atom. The second-order valence-electron chi connectivity index (χ2n) is 10.9. The largest absolute Gasteiger partial charge is 0.421 e. The second-order valence-corrected chi connectivity index (χ2v) is 12.6. The van der Waals surface area contributed by atoms with E-state index in [4.69, 9.17) is 0 Å². The highest BCUT2D eigenvalue weighted by Gasteiger charge is 2.37. The maximum absolute atomic E-state index is 14.1. The summed E-state index contributed by atoms with van der Waals surface area (Å²) in [6, 6.07) is 9.29. The molecule has 0 radical (unpaired) electrons. The first-order chi connectivity index (χ1) is 21.8. The first-order valence-corrected chi connectivity index (χ1v) is 16.3. The number of nitrogens with one attached hydrogen (secondary N) is 2. The fourth-order valence-electron chi connectivity index (χ4n) is 5.27. The summed E-state index contributed by atoms with van der Waals surface area (Å²) in [7, 11) is -2.64. The normalized spacial score (nSPS) is 13.4. The minimum atomic E-state index is -4.80. The van der Waals surface area contributed by atoms with Crippen LogP contribution in [0.1, 0.15) is 40.9 Å². The van der Waals surface area contributed by atoms with Crippen molar-refractivity contribution in [3.63, 3.8) is 0 Å². The molecule has 4 N–H and O–H groups in total. The number of likely N-dealkylation sites (N-methyl/N-ethyl adjacent to an activating group) is 1. The van der Waals surface area contributed by atoms with E-state index in [-0.39, 0.29) is 29.7 Å². The fourth-order valence-corrected chi connectivity index (χ4v) is 5.96. The molecule has 0 atom stereocenters. The van der Waals surface area contributed by atoms with Gasteiger partial charge in [0.05, 0.1) is 30.2 Å². The van der Waals surface area contributed by atoms with E-state index in [9.17, 15) is 32.3 Å².